The van der Waals surface area contributed by atoms with Gasteiger partial charge in [0.15, 0.2) is 0 Å². The third-order valence-electron chi connectivity index (χ3n) is 4.22. The molecule has 134 valence electrons. The zero-order chi connectivity index (χ0) is 16.1. The number of rotatable bonds is 16. The predicted molar refractivity (Wildman–Crippen MR) is 97.5 cm³/mol. The quantitative estimate of drug-likeness (QED) is 0.269. The Morgan fingerprint density at radius 2 is 0.818 bits per heavy atom. The van der Waals surface area contributed by atoms with Crippen molar-refractivity contribution in [1.82, 2.24) is 0 Å². The summed E-state index contributed by atoms with van der Waals surface area (Å²) in [7, 11) is 0. The standard InChI is InChI=1S/C18H38O.C2H4O/c1-2-3-4-5-6-7-8-9-10-11-12-13-14-15-16-17-18-19;1-2-3-1/h19H,2-18H2,1H3;1-2H2. The van der Waals surface area contributed by atoms with E-state index in [4.69, 9.17) is 5.11 Å². The van der Waals surface area contributed by atoms with E-state index in [9.17, 15) is 0 Å². The summed E-state index contributed by atoms with van der Waals surface area (Å²) in [5.41, 5.74) is 0. The van der Waals surface area contributed by atoms with E-state index >= 15 is 0 Å². The highest BCUT2D eigenvalue weighted by molar-refractivity contribution is 4.49. The SMILES string of the molecule is C1CO1.CCCCCCCCCCCCCCCCCCO. The molecule has 0 atom stereocenters. The maximum absolute atomic E-state index is 8.67. The largest absolute Gasteiger partial charge is 0.396 e. The first-order valence-corrected chi connectivity index (χ1v) is 10.1. The second-order valence-corrected chi connectivity index (χ2v) is 6.64. The molecule has 1 rings (SSSR count). The highest BCUT2D eigenvalue weighted by atomic mass is 16.6. The van der Waals surface area contributed by atoms with Gasteiger partial charge in [0.25, 0.3) is 0 Å². The maximum Gasteiger partial charge on any atom is 0.0701 e. The van der Waals surface area contributed by atoms with Crippen molar-refractivity contribution in [3.63, 3.8) is 0 Å². The first-order chi connectivity index (χ1) is 10.9. The van der Waals surface area contributed by atoms with Crippen molar-refractivity contribution in [2.24, 2.45) is 0 Å². The topological polar surface area (TPSA) is 32.8 Å². The van der Waals surface area contributed by atoms with Crippen LogP contribution in [-0.4, -0.2) is 24.9 Å². The second-order valence-electron chi connectivity index (χ2n) is 6.64. The van der Waals surface area contributed by atoms with Crippen LogP contribution in [0.4, 0.5) is 0 Å². The Balaban J connectivity index is 0.00000129. The zero-order valence-corrected chi connectivity index (χ0v) is 15.3. The van der Waals surface area contributed by atoms with Crippen molar-refractivity contribution >= 4 is 0 Å². The smallest absolute Gasteiger partial charge is 0.0701 e. The minimum absolute atomic E-state index is 0.373. The number of aliphatic hydroxyl groups is 1. The average Bonchev–Trinajstić information content (AvgIpc) is 3.40. The van der Waals surface area contributed by atoms with Crippen LogP contribution in [0.15, 0.2) is 0 Å². The van der Waals surface area contributed by atoms with Gasteiger partial charge in [0.05, 0.1) is 13.2 Å². The lowest BCUT2D eigenvalue weighted by atomic mass is 10.0. The minimum atomic E-state index is 0.373. The molecule has 0 spiro atoms. The van der Waals surface area contributed by atoms with Crippen molar-refractivity contribution in [2.75, 3.05) is 19.8 Å². The molecule has 0 aliphatic carbocycles. The monoisotopic (exact) mass is 314 g/mol. The number of hydrogen-bond acceptors (Lipinski definition) is 2. The van der Waals surface area contributed by atoms with Gasteiger partial charge in [-0.05, 0) is 6.42 Å². The lowest BCUT2D eigenvalue weighted by molar-refractivity contribution is 0.282. The van der Waals surface area contributed by atoms with Gasteiger partial charge >= 0.3 is 0 Å². The van der Waals surface area contributed by atoms with E-state index in [0.29, 0.717) is 6.61 Å². The average molecular weight is 315 g/mol. The van der Waals surface area contributed by atoms with Crippen molar-refractivity contribution in [3.8, 4) is 0 Å². The Kier molecular flexibility index (Phi) is 20.8. The fourth-order valence-electron chi connectivity index (χ4n) is 2.66. The highest BCUT2D eigenvalue weighted by Crippen LogP contribution is 2.13. The van der Waals surface area contributed by atoms with Crippen molar-refractivity contribution in [2.45, 2.75) is 110 Å². The van der Waals surface area contributed by atoms with Crippen LogP contribution >= 0.6 is 0 Å². The second kappa shape index (κ2) is 20.9. The highest BCUT2D eigenvalue weighted by Gasteiger charge is 1.94. The van der Waals surface area contributed by atoms with Gasteiger partial charge in [0, 0.05) is 6.61 Å². The van der Waals surface area contributed by atoms with Crippen LogP contribution in [-0.2, 0) is 4.74 Å². The molecule has 22 heavy (non-hydrogen) atoms. The van der Waals surface area contributed by atoms with Gasteiger partial charge in [-0.3, -0.25) is 0 Å². The summed E-state index contributed by atoms with van der Waals surface area (Å²) in [6, 6.07) is 0. The Morgan fingerprint density at radius 3 is 1.05 bits per heavy atom. The first-order valence-electron chi connectivity index (χ1n) is 10.1. The van der Waals surface area contributed by atoms with Crippen molar-refractivity contribution in [1.29, 1.82) is 0 Å². The maximum atomic E-state index is 8.67. The summed E-state index contributed by atoms with van der Waals surface area (Å²) >= 11 is 0. The lowest BCUT2D eigenvalue weighted by Crippen LogP contribution is -1.85. The number of aliphatic hydroxyl groups excluding tert-OH is 1. The molecular formula is C20H42O2. The lowest BCUT2D eigenvalue weighted by Gasteiger charge is -2.03. The molecule has 0 aromatic carbocycles. The van der Waals surface area contributed by atoms with E-state index in [1.807, 2.05) is 0 Å². The van der Waals surface area contributed by atoms with Crippen molar-refractivity contribution in [3.05, 3.63) is 0 Å². The number of epoxide rings is 1. The summed E-state index contributed by atoms with van der Waals surface area (Å²) in [6.07, 6.45) is 22.2. The molecule has 1 fully saturated rings. The molecular weight excluding hydrogens is 272 g/mol. The Labute approximate surface area is 140 Å². The summed E-state index contributed by atoms with van der Waals surface area (Å²) < 4.78 is 4.50. The van der Waals surface area contributed by atoms with E-state index in [0.717, 1.165) is 19.6 Å². The minimum Gasteiger partial charge on any atom is -0.396 e. The molecule has 0 aromatic rings. The fraction of sp³-hybridized carbons (Fsp3) is 1.00. The predicted octanol–water partition coefficient (Wildman–Crippen LogP) is 6.26. The van der Waals surface area contributed by atoms with E-state index in [1.54, 1.807) is 0 Å². The van der Waals surface area contributed by atoms with Gasteiger partial charge in [0.2, 0.25) is 0 Å². The van der Waals surface area contributed by atoms with E-state index in [2.05, 4.69) is 11.7 Å². The molecule has 0 aromatic heterocycles. The van der Waals surface area contributed by atoms with E-state index in [1.165, 1.54) is 96.3 Å². The Morgan fingerprint density at radius 1 is 0.545 bits per heavy atom. The Hall–Kier alpha value is -0.0800. The van der Waals surface area contributed by atoms with Gasteiger partial charge in [-0.15, -0.1) is 0 Å². The molecule has 1 N–H and O–H groups in total. The number of hydrogen-bond donors (Lipinski definition) is 1. The fourth-order valence-corrected chi connectivity index (χ4v) is 2.66. The molecule has 0 bridgehead atoms. The molecule has 2 nitrogen and oxygen atoms in total. The number of ether oxygens (including phenoxy) is 1. The normalized spacial score (nSPS) is 12.8. The van der Waals surface area contributed by atoms with Crippen LogP contribution in [0, 0.1) is 0 Å². The van der Waals surface area contributed by atoms with Crippen LogP contribution in [0.25, 0.3) is 0 Å². The van der Waals surface area contributed by atoms with E-state index < -0.39 is 0 Å². The molecule has 1 aliphatic rings. The molecule has 0 unspecified atom stereocenters. The zero-order valence-electron chi connectivity index (χ0n) is 15.3. The number of unbranched alkanes of at least 4 members (excludes halogenated alkanes) is 15. The van der Waals surface area contributed by atoms with Crippen LogP contribution < -0.4 is 0 Å². The third-order valence-corrected chi connectivity index (χ3v) is 4.22. The van der Waals surface area contributed by atoms with Crippen molar-refractivity contribution < 1.29 is 9.84 Å². The van der Waals surface area contributed by atoms with Crippen LogP contribution in [0.1, 0.15) is 110 Å². The van der Waals surface area contributed by atoms with Gasteiger partial charge in [-0.2, -0.15) is 0 Å². The van der Waals surface area contributed by atoms with Gasteiger partial charge in [-0.1, -0.05) is 103 Å². The molecule has 1 aliphatic heterocycles. The molecule has 0 amide bonds. The Bertz CT molecular complexity index is 162. The molecule has 0 radical (unpaired) electrons. The molecule has 1 saturated heterocycles. The molecule has 1 heterocycles. The first kappa shape index (κ1) is 21.9. The molecule has 0 saturated carbocycles. The van der Waals surface area contributed by atoms with E-state index in [-0.39, 0.29) is 0 Å². The summed E-state index contributed by atoms with van der Waals surface area (Å²) in [4.78, 5) is 0. The van der Waals surface area contributed by atoms with Crippen LogP contribution in [0.3, 0.4) is 0 Å². The summed E-state index contributed by atoms with van der Waals surface area (Å²) in [5, 5.41) is 8.67. The van der Waals surface area contributed by atoms with Crippen LogP contribution in [0.2, 0.25) is 0 Å². The summed E-state index contributed by atoms with van der Waals surface area (Å²) in [5.74, 6) is 0. The van der Waals surface area contributed by atoms with Gasteiger partial charge < -0.3 is 9.84 Å². The van der Waals surface area contributed by atoms with Crippen LogP contribution in [0.5, 0.6) is 0 Å². The molecule has 2 heteroatoms. The third kappa shape index (κ3) is 24.9. The van der Waals surface area contributed by atoms with Gasteiger partial charge in [-0.25, -0.2) is 0 Å². The van der Waals surface area contributed by atoms with Gasteiger partial charge in [0.1, 0.15) is 0 Å². The summed E-state index contributed by atoms with van der Waals surface area (Å²) in [6.45, 7) is 4.66.